The Morgan fingerprint density at radius 2 is 2.15 bits per heavy atom. The minimum Gasteiger partial charge on any atom is -0.211 e. The molecule has 0 atom stereocenters. The molecule has 0 aromatic heterocycles. The first-order chi connectivity index (χ1) is 6.15. The molecule has 0 N–H and O–H groups in total. The molecular formula is C10H10ClNO. The number of isocyanates is 1. The van der Waals surface area contributed by atoms with E-state index in [4.69, 9.17) is 11.6 Å². The monoisotopic (exact) mass is 195 g/mol. The standard InChI is InChI=1S/C10H10ClNO/c1-7-3-9(5-12-6-13)8(2)10(11)4-7/h3-4H,5H2,1-2H3. The van der Waals surface area contributed by atoms with Crippen LogP contribution >= 0.6 is 11.6 Å². The maximum absolute atomic E-state index is 9.93. The molecule has 0 aliphatic heterocycles. The van der Waals surface area contributed by atoms with Gasteiger partial charge in [-0.2, -0.15) is 0 Å². The second-order valence-corrected chi connectivity index (χ2v) is 3.35. The highest BCUT2D eigenvalue weighted by Gasteiger charge is 2.02. The van der Waals surface area contributed by atoms with Gasteiger partial charge in [0, 0.05) is 5.02 Å². The molecule has 0 heterocycles. The first kappa shape index (κ1) is 9.97. The molecule has 0 aliphatic rings. The average Bonchev–Trinajstić information content (AvgIpc) is 2.09. The lowest BCUT2D eigenvalue weighted by Crippen LogP contribution is -1.89. The second kappa shape index (κ2) is 4.22. The van der Waals surface area contributed by atoms with Crippen molar-refractivity contribution in [1.82, 2.24) is 0 Å². The summed E-state index contributed by atoms with van der Waals surface area (Å²) >= 11 is 5.96. The van der Waals surface area contributed by atoms with E-state index in [0.29, 0.717) is 6.54 Å². The molecule has 0 saturated heterocycles. The molecule has 0 aliphatic carbocycles. The van der Waals surface area contributed by atoms with Crippen LogP contribution in [0.15, 0.2) is 17.1 Å². The van der Waals surface area contributed by atoms with E-state index >= 15 is 0 Å². The average molecular weight is 196 g/mol. The minimum absolute atomic E-state index is 0.358. The number of hydrogen-bond acceptors (Lipinski definition) is 2. The van der Waals surface area contributed by atoms with E-state index in [1.54, 1.807) is 0 Å². The topological polar surface area (TPSA) is 29.4 Å². The van der Waals surface area contributed by atoms with Gasteiger partial charge < -0.3 is 0 Å². The van der Waals surface area contributed by atoms with Crippen molar-refractivity contribution in [3.05, 3.63) is 33.8 Å². The Kier molecular flexibility index (Phi) is 3.24. The molecule has 13 heavy (non-hydrogen) atoms. The van der Waals surface area contributed by atoms with Gasteiger partial charge in [-0.1, -0.05) is 17.7 Å². The van der Waals surface area contributed by atoms with E-state index < -0.39 is 0 Å². The number of benzene rings is 1. The number of halogens is 1. The van der Waals surface area contributed by atoms with Crippen molar-refractivity contribution in [2.24, 2.45) is 4.99 Å². The van der Waals surface area contributed by atoms with Gasteiger partial charge in [0.2, 0.25) is 6.08 Å². The van der Waals surface area contributed by atoms with E-state index in [9.17, 15) is 4.79 Å². The number of aryl methyl sites for hydroxylation is 1. The van der Waals surface area contributed by atoms with Gasteiger partial charge in [0.1, 0.15) is 0 Å². The summed E-state index contributed by atoms with van der Waals surface area (Å²) in [6, 6.07) is 3.87. The van der Waals surface area contributed by atoms with Crippen molar-refractivity contribution in [3.63, 3.8) is 0 Å². The van der Waals surface area contributed by atoms with E-state index in [-0.39, 0.29) is 0 Å². The van der Waals surface area contributed by atoms with Crippen LogP contribution in [0.5, 0.6) is 0 Å². The predicted molar refractivity (Wildman–Crippen MR) is 52.8 cm³/mol. The van der Waals surface area contributed by atoms with Crippen molar-refractivity contribution < 1.29 is 4.79 Å². The van der Waals surface area contributed by atoms with Gasteiger partial charge in [0.05, 0.1) is 6.54 Å². The summed E-state index contributed by atoms with van der Waals surface area (Å²) in [4.78, 5) is 13.5. The number of rotatable bonds is 2. The lowest BCUT2D eigenvalue weighted by molar-refractivity contribution is 0.562. The highest BCUT2D eigenvalue weighted by molar-refractivity contribution is 6.31. The van der Waals surface area contributed by atoms with E-state index in [0.717, 1.165) is 21.7 Å². The Bertz CT molecular complexity index is 367. The third-order valence-electron chi connectivity index (χ3n) is 1.91. The third kappa shape index (κ3) is 2.41. The fraction of sp³-hybridized carbons (Fsp3) is 0.300. The van der Waals surface area contributed by atoms with Crippen LogP contribution in [0.4, 0.5) is 0 Å². The largest absolute Gasteiger partial charge is 0.235 e. The zero-order valence-electron chi connectivity index (χ0n) is 7.60. The molecule has 1 aromatic carbocycles. The zero-order valence-corrected chi connectivity index (χ0v) is 8.35. The first-order valence-electron chi connectivity index (χ1n) is 3.94. The molecule has 0 spiro atoms. The molecule has 0 bridgehead atoms. The smallest absolute Gasteiger partial charge is 0.211 e. The van der Waals surface area contributed by atoms with Crippen LogP contribution in [-0.4, -0.2) is 6.08 Å². The molecule has 0 amide bonds. The molecule has 0 fully saturated rings. The third-order valence-corrected chi connectivity index (χ3v) is 2.30. The molecule has 0 unspecified atom stereocenters. The number of hydrogen-bond donors (Lipinski definition) is 0. The lowest BCUT2D eigenvalue weighted by atomic mass is 10.1. The summed E-state index contributed by atoms with van der Waals surface area (Å²) in [5, 5.41) is 0.719. The number of carbonyl (C=O) groups excluding carboxylic acids is 1. The maximum Gasteiger partial charge on any atom is 0.235 e. The van der Waals surface area contributed by atoms with Crippen LogP contribution in [0.25, 0.3) is 0 Å². The summed E-state index contributed by atoms with van der Waals surface area (Å²) in [7, 11) is 0. The van der Waals surface area contributed by atoms with Gasteiger partial charge in [-0.3, -0.25) is 0 Å². The summed E-state index contributed by atoms with van der Waals surface area (Å²) in [6.45, 7) is 4.23. The normalized spacial score (nSPS) is 9.46. The van der Waals surface area contributed by atoms with Gasteiger partial charge in [-0.15, -0.1) is 0 Å². The number of nitrogens with zero attached hydrogens (tertiary/aromatic N) is 1. The van der Waals surface area contributed by atoms with E-state index in [1.165, 1.54) is 6.08 Å². The lowest BCUT2D eigenvalue weighted by Gasteiger charge is -2.05. The van der Waals surface area contributed by atoms with Crippen molar-refractivity contribution in [2.75, 3.05) is 0 Å². The van der Waals surface area contributed by atoms with Crippen LogP contribution in [0.1, 0.15) is 16.7 Å². The Balaban J connectivity index is 3.12. The molecule has 0 radical (unpaired) electrons. The summed E-state index contributed by atoms with van der Waals surface area (Å²) < 4.78 is 0. The second-order valence-electron chi connectivity index (χ2n) is 2.94. The Morgan fingerprint density at radius 1 is 1.46 bits per heavy atom. The first-order valence-corrected chi connectivity index (χ1v) is 4.32. The fourth-order valence-corrected chi connectivity index (χ4v) is 1.46. The van der Waals surface area contributed by atoms with Crippen LogP contribution in [-0.2, 0) is 11.3 Å². The van der Waals surface area contributed by atoms with Gasteiger partial charge in [-0.25, -0.2) is 9.79 Å². The van der Waals surface area contributed by atoms with Crippen molar-refractivity contribution in [3.8, 4) is 0 Å². The Labute approximate surface area is 82.3 Å². The Morgan fingerprint density at radius 3 is 2.77 bits per heavy atom. The molecule has 0 saturated carbocycles. The molecule has 1 rings (SSSR count). The van der Waals surface area contributed by atoms with E-state index in [1.807, 2.05) is 26.0 Å². The molecular weight excluding hydrogens is 186 g/mol. The SMILES string of the molecule is Cc1cc(Cl)c(C)c(CN=C=O)c1. The van der Waals surface area contributed by atoms with Gasteiger partial charge >= 0.3 is 0 Å². The van der Waals surface area contributed by atoms with Gasteiger partial charge in [-0.05, 0) is 36.6 Å². The summed E-state index contributed by atoms with van der Waals surface area (Å²) in [6.07, 6.45) is 1.51. The summed E-state index contributed by atoms with van der Waals surface area (Å²) in [5.74, 6) is 0. The highest BCUT2D eigenvalue weighted by Crippen LogP contribution is 2.21. The fourth-order valence-electron chi connectivity index (χ4n) is 1.17. The van der Waals surface area contributed by atoms with Crippen molar-refractivity contribution >= 4 is 17.7 Å². The quantitative estimate of drug-likeness (QED) is 0.527. The Hall–Kier alpha value is -1.11. The zero-order chi connectivity index (χ0) is 9.84. The molecule has 2 nitrogen and oxygen atoms in total. The van der Waals surface area contributed by atoms with E-state index in [2.05, 4.69) is 4.99 Å². The molecule has 1 aromatic rings. The van der Waals surface area contributed by atoms with Crippen LogP contribution in [0.3, 0.4) is 0 Å². The van der Waals surface area contributed by atoms with Crippen molar-refractivity contribution in [1.29, 1.82) is 0 Å². The summed E-state index contributed by atoms with van der Waals surface area (Å²) in [5.41, 5.74) is 3.03. The van der Waals surface area contributed by atoms with Crippen molar-refractivity contribution in [2.45, 2.75) is 20.4 Å². The van der Waals surface area contributed by atoms with Crippen LogP contribution in [0, 0.1) is 13.8 Å². The minimum atomic E-state index is 0.358. The van der Waals surface area contributed by atoms with Crippen LogP contribution < -0.4 is 0 Å². The van der Waals surface area contributed by atoms with Gasteiger partial charge in [0.15, 0.2) is 0 Å². The van der Waals surface area contributed by atoms with Crippen LogP contribution in [0.2, 0.25) is 5.02 Å². The highest BCUT2D eigenvalue weighted by atomic mass is 35.5. The maximum atomic E-state index is 9.93. The molecule has 3 heteroatoms. The number of aliphatic imine (C=N–C) groups is 1. The predicted octanol–water partition coefficient (Wildman–Crippen LogP) is 2.79. The van der Waals surface area contributed by atoms with Gasteiger partial charge in [0.25, 0.3) is 0 Å². The molecule has 68 valence electrons.